The quantitative estimate of drug-likeness (QED) is 0.661. The van der Waals surface area contributed by atoms with Gasteiger partial charge in [-0.15, -0.1) is 0 Å². The smallest absolute Gasteiger partial charge is 0.408 e. The van der Waals surface area contributed by atoms with Gasteiger partial charge in [-0.2, -0.15) is 0 Å². The lowest BCUT2D eigenvalue weighted by Crippen LogP contribution is -2.44. The van der Waals surface area contributed by atoms with Gasteiger partial charge in [-0.25, -0.2) is 4.79 Å². The number of aromatic nitrogens is 1. The first-order valence-electron chi connectivity index (χ1n) is 10.6. The van der Waals surface area contributed by atoms with Crippen LogP contribution in [-0.4, -0.2) is 28.8 Å². The van der Waals surface area contributed by atoms with Crippen molar-refractivity contribution in [2.75, 3.05) is 5.32 Å². The Labute approximate surface area is 184 Å². The molecule has 1 aromatic heterocycles. The molecule has 1 heterocycles. The van der Waals surface area contributed by atoms with Gasteiger partial charge < -0.3 is 19.9 Å². The molecule has 7 heteroatoms. The van der Waals surface area contributed by atoms with Gasteiger partial charge in [0.25, 0.3) is 0 Å². The van der Waals surface area contributed by atoms with E-state index in [0.29, 0.717) is 11.6 Å². The fourth-order valence-electron chi connectivity index (χ4n) is 2.96. The summed E-state index contributed by atoms with van der Waals surface area (Å²) in [7, 11) is 0. The fourth-order valence-corrected chi connectivity index (χ4v) is 2.96. The molecule has 0 aliphatic carbocycles. The van der Waals surface area contributed by atoms with E-state index in [1.54, 1.807) is 33.8 Å². The Balaban J connectivity index is 1.92. The maximum absolute atomic E-state index is 12.3. The number of alkyl carbamates (subject to hydrolysis) is 1. The zero-order chi connectivity index (χ0) is 23.4. The molecule has 0 saturated carbocycles. The number of hydrogen-bond acceptors (Lipinski definition) is 5. The summed E-state index contributed by atoms with van der Waals surface area (Å²) in [5.41, 5.74) is 1.99. The maximum atomic E-state index is 12.3. The lowest BCUT2D eigenvalue weighted by Gasteiger charge is -2.21. The second-order valence-electron chi connectivity index (χ2n) is 10.0. The molecule has 1 aromatic carbocycles. The van der Waals surface area contributed by atoms with E-state index < -0.39 is 23.6 Å². The van der Waals surface area contributed by atoms with Crippen LogP contribution in [0.4, 0.5) is 10.6 Å². The molecular formula is C24H35N3O4. The van der Waals surface area contributed by atoms with Gasteiger partial charge in [0.05, 0.1) is 0 Å². The van der Waals surface area contributed by atoms with Crippen molar-refractivity contribution in [2.24, 2.45) is 0 Å². The predicted octanol–water partition coefficient (Wildman–Crippen LogP) is 5.17. The van der Waals surface area contributed by atoms with Crippen molar-refractivity contribution in [1.29, 1.82) is 0 Å². The van der Waals surface area contributed by atoms with Crippen molar-refractivity contribution in [2.45, 2.75) is 84.8 Å². The molecule has 170 valence electrons. The summed E-state index contributed by atoms with van der Waals surface area (Å²) in [5.74, 6) is 0.683. The number of rotatable bonds is 6. The number of benzene rings is 1. The Morgan fingerprint density at radius 1 is 1.06 bits per heavy atom. The van der Waals surface area contributed by atoms with Gasteiger partial charge in [-0.1, -0.05) is 57.1 Å². The summed E-state index contributed by atoms with van der Waals surface area (Å²) < 4.78 is 10.6. The average Bonchev–Trinajstić information content (AvgIpc) is 3.08. The number of hydrogen-bond donors (Lipinski definition) is 2. The highest BCUT2D eigenvalue weighted by atomic mass is 16.6. The Bertz CT molecular complexity index is 889. The monoisotopic (exact) mass is 429 g/mol. The predicted molar refractivity (Wildman–Crippen MR) is 121 cm³/mol. The van der Waals surface area contributed by atoms with Gasteiger partial charge in [0.2, 0.25) is 5.91 Å². The number of nitrogens with one attached hydrogen (secondary N) is 2. The maximum Gasteiger partial charge on any atom is 0.408 e. The van der Waals surface area contributed by atoms with E-state index >= 15 is 0 Å². The molecule has 31 heavy (non-hydrogen) atoms. The fraction of sp³-hybridized carbons (Fsp3) is 0.542. The number of carbonyl (C=O) groups is 2. The van der Waals surface area contributed by atoms with Crippen molar-refractivity contribution in [3.05, 3.63) is 47.2 Å². The molecular weight excluding hydrogens is 394 g/mol. The molecule has 0 radical (unpaired) electrons. The molecule has 0 spiro atoms. The van der Waals surface area contributed by atoms with Gasteiger partial charge in [-0.3, -0.25) is 4.79 Å². The van der Waals surface area contributed by atoms with Gasteiger partial charge in [0.1, 0.15) is 17.4 Å². The lowest BCUT2D eigenvalue weighted by molar-refractivity contribution is -0.117. The van der Waals surface area contributed by atoms with Crippen molar-refractivity contribution in [3.63, 3.8) is 0 Å². The first-order chi connectivity index (χ1) is 14.2. The third-order valence-electron chi connectivity index (χ3n) is 4.75. The topological polar surface area (TPSA) is 93.5 Å². The van der Waals surface area contributed by atoms with Crippen LogP contribution in [0, 0.1) is 0 Å². The Hall–Kier alpha value is -2.83. The zero-order valence-corrected chi connectivity index (χ0v) is 19.8. The average molecular weight is 430 g/mol. The number of carbonyl (C=O) groups excluding carboxylic acids is 2. The zero-order valence-electron chi connectivity index (χ0n) is 19.8. The van der Waals surface area contributed by atoms with E-state index in [4.69, 9.17) is 9.26 Å². The molecule has 2 unspecified atom stereocenters. The second kappa shape index (κ2) is 9.54. The van der Waals surface area contributed by atoms with Crippen LogP contribution in [0.3, 0.4) is 0 Å². The van der Waals surface area contributed by atoms with Crippen LogP contribution in [0.2, 0.25) is 0 Å². The standard InChI is InChI=1S/C24H35N3O4/c1-15(13-17-9-11-18(12-10-17)23(3,4)5)19-14-20(27-31-19)26-21(28)16(2)25-22(29)30-24(6,7)8/h9-12,14-16H,13H2,1-8H3,(H,25,29)(H,26,27,28). The van der Waals surface area contributed by atoms with Crippen LogP contribution in [0.15, 0.2) is 34.9 Å². The minimum atomic E-state index is -0.784. The Morgan fingerprint density at radius 3 is 2.23 bits per heavy atom. The van der Waals surface area contributed by atoms with Crippen LogP contribution in [0.5, 0.6) is 0 Å². The van der Waals surface area contributed by atoms with Gasteiger partial charge in [-0.05, 0) is 50.7 Å². The van der Waals surface area contributed by atoms with E-state index in [-0.39, 0.29) is 11.3 Å². The third-order valence-corrected chi connectivity index (χ3v) is 4.75. The van der Waals surface area contributed by atoms with Crippen LogP contribution < -0.4 is 10.6 Å². The van der Waals surface area contributed by atoms with Crippen molar-refractivity contribution >= 4 is 17.8 Å². The number of anilines is 1. The minimum absolute atomic E-state index is 0.0935. The minimum Gasteiger partial charge on any atom is -0.444 e. The summed E-state index contributed by atoms with van der Waals surface area (Å²) in [4.78, 5) is 24.2. The first-order valence-corrected chi connectivity index (χ1v) is 10.6. The van der Waals surface area contributed by atoms with E-state index in [9.17, 15) is 9.59 Å². The summed E-state index contributed by atoms with van der Waals surface area (Å²) in [6.45, 7) is 15.5. The molecule has 2 rings (SSSR count). The van der Waals surface area contributed by atoms with Crippen molar-refractivity contribution in [1.82, 2.24) is 10.5 Å². The molecule has 0 fully saturated rings. The normalized spacial score (nSPS) is 13.9. The molecule has 2 N–H and O–H groups in total. The Kier molecular flexibility index (Phi) is 7.52. The molecule has 2 atom stereocenters. The molecule has 2 amide bonds. The first kappa shape index (κ1) is 24.4. The Morgan fingerprint density at radius 2 is 1.68 bits per heavy atom. The SMILES string of the molecule is CC(NC(=O)OC(C)(C)C)C(=O)Nc1cc(C(C)Cc2ccc(C(C)(C)C)cc2)on1. The van der Waals surface area contributed by atoms with Crippen LogP contribution >= 0.6 is 0 Å². The van der Waals surface area contributed by atoms with Crippen molar-refractivity contribution < 1.29 is 18.8 Å². The molecule has 0 aliphatic heterocycles. The summed E-state index contributed by atoms with van der Waals surface area (Å²) in [6, 6.07) is 9.53. The molecule has 7 nitrogen and oxygen atoms in total. The van der Waals surface area contributed by atoms with Gasteiger partial charge in [0, 0.05) is 12.0 Å². The highest BCUT2D eigenvalue weighted by Gasteiger charge is 2.22. The molecule has 0 bridgehead atoms. The molecule has 0 aliphatic rings. The number of ether oxygens (including phenoxy) is 1. The van der Waals surface area contributed by atoms with E-state index in [2.05, 4.69) is 67.8 Å². The van der Waals surface area contributed by atoms with Gasteiger partial charge in [0.15, 0.2) is 5.82 Å². The summed E-state index contributed by atoms with van der Waals surface area (Å²) in [6.07, 6.45) is 0.144. The van der Waals surface area contributed by atoms with Crippen LogP contribution in [0.25, 0.3) is 0 Å². The van der Waals surface area contributed by atoms with E-state index in [0.717, 1.165) is 6.42 Å². The highest BCUT2D eigenvalue weighted by Crippen LogP contribution is 2.26. The van der Waals surface area contributed by atoms with Crippen LogP contribution in [-0.2, 0) is 21.4 Å². The second-order valence-corrected chi connectivity index (χ2v) is 10.0. The molecule has 0 saturated heterocycles. The third kappa shape index (κ3) is 7.74. The molecule has 2 aromatic rings. The van der Waals surface area contributed by atoms with E-state index in [1.165, 1.54) is 11.1 Å². The number of amides is 2. The largest absolute Gasteiger partial charge is 0.444 e. The van der Waals surface area contributed by atoms with Crippen LogP contribution in [0.1, 0.15) is 78.2 Å². The number of nitrogens with zero attached hydrogens (tertiary/aromatic N) is 1. The van der Waals surface area contributed by atoms with Crippen molar-refractivity contribution in [3.8, 4) is 0 Å². The van der Waals surface area contributed by atoms with Gasteiger partial charge >= 0.3 is 6.09 Å². The van der Waals surface area contributed by atoms with E-state index in [1.807, 2.05) is 0 Å². The highest BCUT2D eigenvalue weighted by molar-refractivity contribution is 5.95. The summed E-state index contributed by atoms with van der Waals surface area (Å²) in [5, 5.41) is 9.10. The lowest BCUT2D eigenvalue weighted by atomic mass is 9.86. The summed E-state index contributed by atoms with van der Waals surface area (Å²) >= 11 is 0.